The van der Waals surface area contributed by atoms with Crippen molar-refractivity contribution in [3.05, 3.63) is 17.5 Å². The van der Waals surface area contributed by atoms with Crippen LogP contribution in [0.1, 0.15) is 11.4 Å². The van der Waals surface area contributed by atoms with Crippen LogP contribution in [0.4, 0.5) is 5.82 Å². The summed E-state index contributed by atoms with van der Waals surface area (Å²) in [6, 6.07) is 1.71. The molecule has 0 aliphatic carbocycles. The number of imidazole rings is 1. The van der Waals surface area contributed by atoms with Crippen molar-refractivity contribution in [2.75, 3.05) is 0 Å². The smallest absolute Gasteiger partial charge is 0.242 e. The second-order valence-electron chi connectivity index (χ2n) is 3.02. The number of aliphatic imine (C=N–C) groups is 1. The lowest BCUT2D eigenvalue weighted by molar-refractivity contribution is 0.565. The van der Waals surface area contributed by atoms with Crippen LogP contribution in [0.15, 0.2) is 11.1 Å². The third-order valence-corrected chi connectivity index (χ3v) is 1.92. The lowest BCUT2D eigenvalue weighted by atomic mass is 10.2. The van der Waals surface area contributed by atoms with Gasteiger partial charge in [-0.3, -0.25) is 0 Å². The van der Waals surface area contributed by atoms with Gasteiger partial charge in [-0.05, 0) is 25.5 Å². The number of isocyanates is 1. The molecule has 5 nitrogen and oxygen atoms in total. The fourth-order valence-corrected chi connectivity index (χ4v) is 1.35. The van der Waals surface area contributed by atoms with Crippen LogP contribution in [0.5, 0.6) is 0 Å². The molecule has 1 N–H and O–H groups in total. The van der Waals surface area contributed by atoms with Gasteiger partial charge >= 0.3 is 0 Å². The minimum absolute atomic E-state index is 0.344. The van der Waals surface area contributed by atoms with Crippen molar-refractivity contribution >= 4 is 23.1 Å². The summed E-state index contributed by atoms with van der Waals surface area (Å²) in [6.07, 6.45) is 1.46. The van der Waals surface area contributed by atoms with Gasteiger partial charge in [-0.1, -0.05) is 0 Å². The summed E-state index contributed by atoms with van der Waals surface area (Å²) < 4.78 is 0. The summed E-state index contributed by atoms with van der Waals surface area (Å²) in [6.45, 7) is 3.76. The van der Waals surface area contributed by atoms with Crippen molar-refractivity contribution in [2.45, 2.75) is 13.8 Å². The molecular weight excluding hydrogens is 180 g/mol. The lowest BCUT2D eigenvalue weighted by Crippen LogP contribution is -1.82. The maximum atomic E-state index is 10.1. The van der Waals surface area contributed by atoms with Crippen molar-refractivity contribution in [3.63, 3.8) is 0 Å². The van der Waals surface area contributed by atoms with E-state index in [1.807, 2.05) is 13.8 Å². The Balaban J connectivity index is 2.77. The van der Waals surface area contributed by atoms with E-state index in [0.717, 1.165) is 16.9 Å². The van der Waals surface area contributed by atoms with Gasteiger partial charge < -0.3 is 4.98 Å². The van der Waals surface area contributed by atoms with Gasteiger partial charge in [0.05, 0.1) is 5.52 Å². The zero-order chi connectivity index (χ0) is 10.1. The van der Waals surface area contributed by atoms with Gasteiger partial charge in [-0.25, -0.2) is 14.8 Å². The number of hydrogen-bond donors (Lipinski definition) is 1. The molecular formula is C9H8N4O. The number of pyridine rings is 1. The highest BCUT2D eigenvalue weighted by molar-refractivity contribution is 5.76. The molecule has 0 radical (unpaired) electrons. The van der Waals surface area contributed by atoms with E-state index in [1.165, 1.54) is 6.08 Å². The first-order valence-corrected chi connectivity index (χ1v) is 4.12. The van der Waals surface area contributed by atoms with Crippen LogP contribution in [0.25, 0.3) is 11.2 Å². The number of nitrogens with one attached hydrogen (secondary N) is 1. The lowest BCUT2D eigenvalue weighted by Gasteiger charge is -1.94. The van der Waals surface area contributed by atoms with Crippen molar-refractivity contribution in [3.8, 4) is 0 Å². The predicted octanol–water partition coefficient (Wildman–Crippen LogP) is 1.54. The molecule has 0 bridgehead atoms. The molecule has 0 saturated carbocycles. The Kier molecular flexibility index (Phi) is 1.87. The molecule has 0 aliphatic heterocycles. The summed E-state index contributed by atoms with van der Waals surface area (Å²) >= 11 is 0. The number of fused-ring (bicyclic) bond motifs is 1. The van der Waals surface area contributed by atoms with Gasteiger partial charge in [-0.15, -0.1) is 4.99 Å². The predicted molar refractivity (Wildman–Crippen MR) is 51.1 cm³/mol. The molecule has 2 aromatic heterocycles. The first kappa shape index (κ1) is 8.59. The van der Waals surface area contributed by atoms with Crippen LogP contribution in [-0.4, -0.2) is 21.0 Å². The summed E-state index contributed by atoms with van der Waals surface area (Å²) in [4.78, 5) is 24.8. The maximum Gasteiger partial charge on any atom is 0.242 e. The number of rotatable bonds is 1. The number of hydrogen-bond acceptors (Lipinski definition) is 4. The number of nitrogens with zero attached hydrogens (tertiary/aromatic N) is 3. The number of H-pyrrole nitrogens is 1. The summed E-state index contributed by atoms with van der Waals surface area (Å²) in [7, 11) is 0. The fraction of sp³-hybridized carbons (Fsp3) is 0.222. The fourth-order valence-electron chi connectivity index (χ4n) is 1.35. The van der Waals surface area contributed by atoms with Crippen molar-refractivity contribution in [1.29, 1.82) is 0 Å². The molecule has 0 aliphatic rings. The molecule has 2 rings (SSSR count). The van der Waals surface area contributed by atoms with Crippen LogP contribution in [0, 0.1) is 13.8 Å². The molecule has 0 unspecified atom stereocenters. The van der Waals surface area contributed by atoms with Crippen molar-refractivity contribution in [1.82, 2.24) is 15.0 Å². The minimum Gasteiger partial charge on any atom is -0.341 e. The Labute approximate surface area is 79.9 Å². The molecule has 0 spiro atoms. The van der Waals surface area contributed by atoms with E-state index >= 15 is 0 Å². The van der Waals surface area contributed by atoms with E-state index in [9.17, 15) is 4.79 Å². The monoisotopic (exact) mass is 188 g/mol. The third-order valence-electron chi connectivity index (χ3n) is 1.92. The number of aromatic amines is 1. The third kappa shape index (κ3) is 1.30. The Bertz CT molecular complexity index is 537. The van der Waals surface area contributed by atoms with Crippen LogP contribution in [0.3, 0.4) is 0 Å². The van der Waals surface area contributed by atoms with Crippen LogP contribution in [-0.2, 0) is 4.79 Å². The Morgan fingerprint density at radius 3 is 2.93 bits per heavy atom. The average molecular weight is 188 g/mol. The standard InChI is InChI=1S/C9H8N4O/c1-5-3-7(10-4-14)13-9-8(5)11-6(2)12-9/h3H,1-2H3,(H,11,12,13). The summed E-state index contributed by atoms with van der Waals surface area (Å²) in [5, 5.41) is 0. The maximum absolute atomic E-state index is 10.1. The van der Waals surface area contributed by atoms with E-state index in [-0.39, 0.29) is 0 Å². The quantitative estimate of drug-likeness (QED) is 0.545. The highest BCUT2D eigenvalue weighted by Crippen LogP contribution is 2.19. The Hall–Kier alpha value is -2.00. The molecule has 2 heterocycles. The Morgan fingerprint density at radius 2 is 2.21 bits per heavy atom. The van der Waals surface area contributed by atoms with Gasteiger partial charge in [-0.2, -0.15) is 0 Å². The average Bonchev–Trinajstić information content (AvgIpc) is 2.47. The Morgan fingerprint density at radius 1 is 1.43 bits per heavy atom. The molecule has 5 heteroatoms. The number of carbonyl (C=O) groups excluding carboxylic acids is 1. The van der Waals surface area contributed by atoms with Gasteiger partial charge in [0.15, 0.2) is 11.5 Å². The number of aryl methyl sites for hydroxylation is 2. The second kappa shape index (κ2) is 3.05. The highest BCUT2D eigenvalue weighted by Gasteiger charge is 2.05. The van der Waals surface area contributed by atoms with E-state index in [1.54, 1.807) is 6.07 Å². The largest absolute Gasteiger partial charge is 0.341 e. The molecule has 2 aromatic rings. The molecule has 0 atom stereocenters. The van der Waals surface area contributed by atoms with Gasteiger partial charge in [0.1, 0.15) is 5.82 Å². The number of aromatic nitrogens is 3. The van der Waals surface area contributed by atoms with Crippen LogP contribution in [0.2, 0.25) is 0 Å². The molecule has 0 aromatic carbocycles. The summed E-state index contributed by atoms with van der Waals surface area (Å²) in [5.41, 5.74) is 2.42. The zero-order valence-electron chi connectivity index (χ0n) is 7.83. The van der Waals surface area contributed by atoms with Crippen molar-refractivity contribution < 1.29 is 4.79 Å². The van der Waals surface area contributed by atoms with E-state index in [0.29, 0.717) is 11.5 Å². The molecule has 0 saturated heterocycles. The first-order chi connectivity index (χ1) is 6.70. The zero-order valence-corrected chi connectivity index (χ0v) is 7.83. The molecule has 14 heavy (non-hydrogen) atoms. The van der Waals surface area contributed by atoms with Crippen LogP contribution >= 0.6 is 0 Å². The van der Waals surface area contributed by atoms with E-state index in [4.69, 9.17) is 0 Å². The van der Waals surface area contributed by atoms with Crippen molar-refractivity contribution in [2.24, 2.45) is 4.99 Å². The van der Waals surface area contributed by atoms with Crippen LogP contribution < -0.4 is 0 Å². The molecule has 0 amide bonds. The normalized spacial score (nSPS) is 10.1. The minimum atomic E-state index is 0.344. The highest BCUT2D eigenvalue weighted by atomic mass is 16.1. The second-order valence-corrected chi connectivity index (χ2v) is 3.02. The first-order valence-electron chi connectivity index (χ1n) is 4.12. The topological polar surface area (TPSA) is 71.0 Å². The van der Waals surface area contributed by atoms with Gasteiger partial charge in [0.25, 0.3) is 0 Å². The van der Waals surface area contributed by atoms with Gasteiger partial charge in [0.2, 0.25) is 6.08 Å². The summed E-state index contributed by atoms with van der Waals surface area (Å²) in [5.74, 6) is 1.14. The molecule has 0 fully saturated rings. The van der Waals surface area contributed by atoms with E-state index < -0.39 is 0 Å². The molecule has 70 valence electrons. The van der Waals surface area contributed by atoms with Gasteiger partial charge in [0, 0.05) is 0 Å². The van der Waals surface area contributed by atoms with E-state index in [2.05, 4.69) is 19.9 Å². The SMILES string of the molecule is Cc1nc2nc(N=C=O)cc(C)c2[nH]1.